The van der Waals surface area contributed by atoms with E-state index in [0.29, 0.717) is 56.8 Å². The highest BCUT2D eigenvalue weighted by molar-refractivity contribution is 7.13. The first-order valence-corrected chi connectivity index (χ1v) is 23.5. The molecule has 18 nitrogen and oxygen atoms in total. The van der Waals surface area contributed by atoms with E-state index in [0.717, 1.165) is 71.1 Å². The van der Waals surface area contributed by atoms with Crippen molar-refractivity contribution in [1.82, 2.24) is 35.8 Å². The van der Waals surface area contributed by atoms with Crippen molar-refractivity contribution in [2.45, 2.75) is 70.9 Å². The lowest BCUT2D eigenvalue weighted by Crippen LogP contribution is -2.54. The van der Waals surface area contributed by atoms with Crippen LogP contribution < -0.4 is 30.3 Å². The molecule has 2 aliphatic rings. The van der Waals surface area contributed by atoms with E-state index in [4.69, 9.17) is 28.1 Å². The van der Waals surface area contributed by atoms with Crippen molar-refractivity contribution in [3.05, 3.63) is 83.3 Å². The number of nitrogens with one attached hydrogen (secondary N) is 3. The molecule has 2 fully saturated rings. The fourth-order valence-electron chi connectivity index (χ4n) is 7.61. The molecular weight excluding hydrogens is 869 g/mol. The molecule has 0 radical (unpaired) electrons. The molecular formula is C47H60N8O10S. The second-order valence-corrected chi connectivity index (χ2v) is 17.0. The molecule has 0 spiro atoms. The summed E-state index contributed by atoms with van der Waals surface area (Å²) in [6.45, 7) is 9.57. The zero-order chi connectivity index (χ0) is 46.1. The van der Waals surface area contributed by atoms with Crippen LogP contribution in [-0.4, -0.2) is 140 Å². The van der Waals surface area contributed by atoms with Crippen LogP contribution in [0.1, 0.15) is 49.6 Å². The van der Waals surface area contributed by atoms with E-state index in [9.17, 15) is 19.5 Å². The molecule has 354 valence electrons. The Morgan fingerprint density at radius 3 is 2.42 bits per heavy atom. The maximum atomic E-state index is 13.8. The number of carbonyl (C=O) groups excluding carboxylic acids is 3. The molecule has 2 aliphatic heterocycles. The molecule has 19 heteroatoms. The number of benzene rings is 2. The quantitative estimate of drug-likeness (QED) is 0.0609. The number of unbranched alkanes of at least 4 members (excludes halogenated alkanes) is 1. The van der Waals surface area contributed by atoms with Crippen LogP contribution >= 0.6 is 11.3 Å². The number of likely N-dealkylation sites (tertiary alicyclic amines) is 1. The summed E-state index contributed by atoms with van der Waals surface area (Å²) in [5.41, 5.74) is 6.96. The monoisotopic (exact) mass is 928 g/mol. The molecule has 0 saturated carbocycles. The summed E-state index contributed by atoms with van der Waals surface area (Å²) in [5, 5.41) is 19.6. The van der Waals surface area contributed by atoms with Gasteiger partial charge in [-0.25, -0.2) is 4.98 Å². The number of aliphatic hydroxyl groups excluding tert-OH is 1. The Bertz CT molecular complexity index is 2300. The Labute approximate surface area is 388 Å². The van der Waals surface area contributed by atoms with Gasteiger partial charge in [-0.05, 0) is 48.7 Å². The summed E-state index contributed by atoms with van der Waals surface area (Å²) in [7, 11) is 0. The minimum atomic E-state index is -0.859. The summed E-state index contributed by atoms with van der Waals surface area (Å²) in [6, 6.07) is 16.1. The second kappa shape index (κ2) is 24.7. The minimum absolute atomic E-state index is 0.00871. The molecule has 0 bridgehead atoms. The van der Waals surface area contributed by atoms with Crippen molar-refractivity contribution in [2.75, 3.05) is 83.9 Å². The van der Waals surface area contributed by atoms with Crippen molar-refractivity contribution < 1.29 is 47.6 Å². The molecule has 5 aromatic rings. The summed E-state index contributed by atoms with van der Waals surface area (Å²) in [6.07, 6.45) is 2.80. The van der Waals surface area contributed by atoms with Gasteiger partial charge in [-0.3, -0.25) is 19.4 Å². The van der Waals surface area contributed by atoms with E-state index in [2.05, 4.69) is 35.8 Å². The molecule has 66 heavy (non-hydrogen) atoms. The smallest absolute Gasteiger partial charge is 0.298 e. The van der Waals surface area contributed by atoms with E-state index in [1.165, 1.54) is 4.90 Å². The fraction of sp³-hybridized carbons (Fsp3) is 0.489. The lowest BCUT2D eigenvalue weighted by Gasteiger charge is -2.28. The van der Waals surface area contributed by atoms with Crippen LogP contribution in [0.4, 0.5) is 6.01 Å². The molecule has 7 rings (SSSR count). The van der Waals surface area contributed by atoms with Gasteiger partial charge in [0, 0.05) is 51.8 Å². The number of aliphatic hydroxyl groups is 1. The molecule has 0 aliphatic carbocycles. The largest absolute Gasteiger partial charge is 0.490 e. The third-order valence-electron chi connectivity index (χ3n) is 11.2. The zero-order valence-corrected chi connectivity index (χ0v) is 38.4. The Kier molecular flexibility index (Phi) is 18.1. The van der Waals surface area contributed by atoms with Gasteiger partial charge in [-0.1, -0.05) is 44.0 Å². The topological polar surface area (TPSA) is 212 Å². The second-order valence-electron chi connectivity index (χ2n) is 16.1. The highest BCUT2D eigenvalue weighted by Crippen LogP contribution is 2.28. The number of aromatic nitrogens is 3. The number of nitrogens with zero attached hydrogens (tertiary/aromatic N) is 5. The number of aryl methyl sites for hydroxylation is 1. The fourth-order valence-corrected chi connectivity index (χ4v) is 8.42. The van der Waals surface area contributed by atoms with E-state index >= 15 is 0 Å². The maximum absolute atomic E-state index is 13.8. The van der Waals surface area contributed by atoms with Crippen LogP contribution in [0.2, 0.25) is 0 Å². The number of carbonyl (C=O) groups is 3. The zero-order valence-electron chi connectivity index (χ0n) is 37.6. The highest BCUT2D eigenvalue weighted by Gasteiger charge is 2.41. The van der Waals surface area contributed by atoms with Crippen LogP contribution in [0, 0.1) is 6.92 Å². The van der Waals surface area contributed by atoms with Crippen molar-refractivity contribution >= 4 is 46.2 Å². The standard InChI is InChI=1S/C47H60N8O10S/c1-3-4-5-39(46(59)55-28-36(56)24-41(55)45(58)50-26-33-6-8-34(9-7-33)44-32(2)51-31-66-44)52-43(57)30-62-21-20-60-18-19-61-22-23-63-38-11-10-35(49-27-38)29-64-37-12-13-42-40(25-37)53-47(65-42)54-16-14-48-15-17-54/h6-13,25,27,31,36,39,41,48,56H,3-5,14-24,26,28-30H2,1-2H3,(H,50,58)(H,52,57)/t36-,39+,41+/m1/s1. The van der Waals surface area contributed by atoms with Crippen molar-refractivity contribution in [3.8, 4) is 21.9 Å². The Hall–Kier alpha value is -5.70. The number of ether oxygens (including phenoxy) is 5. The van der Waals surface area contributed by atoms with Gasteiger partial charge in [0.2, 0.25) is 17.7 Å². The number of thiazole rings is 1. The Morgan fingerprint density at radius 1 is 0.939 bits per heavy atom. The Morgan fingerprint density at radius 2 is 1.70 bits per heavy atom. The predicted molar refractivity (Wildman–Crippen MR) is 247 cm³/mol. The lowest BCUT2D eigenvalue weighted by atomic mass is 10.1. The van der Waals surface area contributed by atoms with Crippen LogP contribution in [0.25, 0.3) is 21.5 Å². The SMILES string of the molecule is CCCC[C@H](NC(=O)COCCOCCOCCOc1ccc(COc2ccc3oc(N4CCNCC4)nc3c2)nc1)C(=O)N1C[C@H](O)C[C@H]1C(=O)NCc1ccc(-c2scnc2C)cc1. The first-order chi connectivity index (χ1) is 32.2. The first-order valence-electron chi connectivity index (χ1n) is 22.6. The van der Waals surface area contributed by atoms with Crippen molar-refractivity contribution in [3.63, 3.8) is 0 Å². The molecule has 3 amide bonds. The number of β-amino-alcohol motifs (C(OH)–C–C–N with tert-alkyl or cyclic N) is 1. The number of amides is 3. The van der Waals surface area contributed by atoms with Gasteiger partial charge in [-0.15, -0.1) is 11.3 Å². The summed E-state index contributed by atoms with van der Waals surface area (Å²) < 4.78 is 34.3. The van der Waals surface area contributed by atoms with E-state index in [-0.39, 0.29) is 51.8 Å². The Balaban J connectivity index is 0.730. The van der Waals surface area contributed by atoms with Gasteiger partial charge in [-0.2, -0.15) is 4.98 Å². The van der Waals surface area contributed by atoms with Gasteiger partial charge in [0.05, 0.1) is 67.1 Å². The van der Waals surface area contributed by atoms with Crippen LogP contribution in [0.15, 0.2) is 70.7 Å². The number of hydrogen-bond acceptors (Lipinski definition) is 16. The van der Waals surface area contributed by atoms with Gasteiger partial charge < -0.3 is 59.0 Å². The lowest BCUT2D eigenvalue weighted by molar-refractivity contribution is -0.142. The number of pyridine rings is 1. The average Bonchev–Trinajstić information content (AvgIpc) is 4.09. The average molecular weight is 929 g/mol. The molecule has 2 saturated heterocycles. The first kappa shape index (κ1) is 48.2. The highest BCUT2D eigenvalue weighted by atomic mass is 32.1. The third kappa shape index (κ3) is 13.9. The van der Waals surface area contributed by atoms with Crippen LogP contribution in [0.3, 0.4) is 0 Å². The number of anilines is 1. The number of piperazine rings is 1. The number of oxazole rings is 1. The molecule has 2 aromatic carbocycles. The third-order valence-corrected chi connectivity index (χ3v) is 12.1. The number of fused-ring (bicyclic) bond motifs is 1. The predicted octanol–water partition coefficient (Wildman–Crippen LogP) is 4.03. The number of hydrogen-bond donors (Lipinski definition) is 4. The van der Waals surface area contributed by atoms with Crippen molar-refractivity contribution in [2.24, 2.45) is 0 Å². The molecule has 0 unspecified atom stereocenters. The maximum Gasteiger partial charge on any atom is 0.298 e. The van der Waals surface area contributed by atoms with Gasteiger partial charge in [0.25, 0.3) is 6.01 Å². The molecule has 3 atom stereocenters. The van der Waals surface area contributed by atoms with E-state index in [1.54, 1.807) is 17.5 Å². The number of rotatable bonds is 25. The molecule has 3 aromatic heterocycles. The van der Waals surface area contributed by atoms with E-state index in [1.807, 2.05) is 74.0 Å². The van der Waals surface area contributed by atoms with E-state index < -0.39 is 30.0 Å². The summed E-state index contributed by atoms with van der Waals surface area (Å²) >= 11 is 1.58. The normalized spacial score (nSPS) is 16.7. The van der Waals surface area contributed by atoms with Crippen molar-refractivity contribution in [1.29, 1.82) is 0 Å². The van der Waals surface area contributed by atoms with Crippen LogP contribution in [0.5, 0.6) is 11.5 Å². The summed E-state index contributed by atoms with van der Waals surface area (Å²) in [4.78, 5) is 58.0. The summed E-state index contributed by atoms with van der Waals surface area (Å²) in [5.74, 6) is 0.0837. The van der Waals surface area contributed by atoms with Crippen LogP contribution in [-0.2, 0) is 41.7 Å². The minimum Gasteiger partial charge on any atom is -0.490 e. The van der Waals surface area contributed by atoms with Gasteiger partial charge >= 0.3 is 0 Å². The molecule has 5 heterocycles. The molecule has 4 N–H and O–H groups in total. The van der Waals surface area contributed by atoms with Gasteiger partial charge in [0.1, 0.15) is 48.9 Å². The van der Waals surface area contributed by atoms with Gasteiger partial charge in [0.15, 0.2) is 5.58 Å².